The molecule has 2 rings (SSSR count). The number of anilines is 1. The van der Waals surface area contributed by atoms with E-state index in [0.717, 1.165) is 47.7 Å². The molecular weight excluding hydrogens is 338 g/mol. The summed E-state index contributed by atoms with van der Waals surface area (Å²) in [4.78, 5) is 14.4. The Bertz CT molecular complexity index is 756. The van der Waals surface area contributed by atoms with Crippen LogP contribution in [-0.2, 0) is 13.0 Å². The number of nitrogens with zero attached hydrogens (tertiary/aromatic N) is 3. The van der Waals surface area contributed by atoms with E-state index < -0.39 is 0 Å². The summed E-state index contributed by atoms with van der Waals surface area (Å²) in [6.07, 6.45) is 2.73. The molecule has 0 aliphatic heterocycles. The van der Waals surface area contributed by atoms with Crippen LogP contribution in [0.2, 0.25) is 0 Å². The lowest BCUT2D eigenvalue weighted by molar-refractivity contribution is 0.181. The molecule has 148 valence electrons. The minimum atomic E-state index is 0.125. The zero-order chi connectivity index (χ0) is 20.0. The predicted molar refractivity (Wildman–Crippen MR) is 111 cm³/mol. The molecule has 27 heavy (non-hydrogen) atoms. The van der Waals surface area contributed by atoms with Gasteiger partial charge < -0.3 is 15.8 Å². The maximum Gasteiger partial charge on any atom is 0.237 e. The molecule has 6 heteroatoms. The van der Waals surface area contributed by atoms with E-state index in [1.54, 1.807) is 0 Å². The van der Waals surface area contributed by atoms with Crippen molar-refractivity contribution in [3.05, 3.63) is 29.2 Å². The molecule has 3 N–H and O–H groups in total. The van der Waals surface area contributed by atoms with E-state index in [9.17, 15) is 0 Å². The third-order valence-corrected chi connectivity index (χ3v) is 4.72. The van der Waals surface area contributed by atoms with E-state index in [1.165, 1.54) is 0 Å². The Kier molecular flexibility index (Phi) is 7.54. The van der Waals surface area contributed by atoms with Crippen LogP contribution in [0.1, 0.15) is 70.5 Å². The summed E-state index contributed by atoms with van der Waals surface area (Å²) in [6, 6.07) is 4.12. The second-order valence-corrected chi connectivity index (χ2v) is 6.92. The first-order valence-corrected chi connectivity index (χ1v) is 9.94. The minimum absolute atomic E-state index is 0.125. The minimum Gasteiger partial charge on any atom is -0.473 e. The molecule has 0 bridgehead atoms. The maximum atomic E-state index is 6.09. The van der Waals surface area contributed by atoms with Crippen molar-refractivity contribution in [2.75, 3.05) is 12.4 Å². The van der Waals surface area contributed by atoms with Gasteiger partial charge in [-0.05, 0) is 37.3 Å². The van der Waals surface area contributed by atoms with Crippen LogP contribution < -0.4 is 15.8 Å². The van der Waals surface area contributed by atoms with Crippen molar-refractivity contribution in [2.24, 2.45) is 5.73 Å². The molecule has 6 nitrogen and oxygen atoms in total. The standard InChI is InChI=1S/C21H33N5O/c1-7-14(8-2)27-21-18(12-22)24-19(16(9-3)26-21)15-10-11-17(13(4)5)25-20(15)23-6/h10-11,13-14H,7-9,12,22H2,1-6H3,(H,23,25). The average molecular weight is 372 g/mol. The first kappa shape index (κ1) is 21.1. The molecule has 0 fully saturated rings. The molecule has 0 unspecified atom stereocenters. The van der Waals surface area contributed by atoms with Crippen LogP contribution >= 0.6 is 0 Å². The van der Waals surface area contributed by atoms with E-state index in [4.69, 9.17) is 25.4 Å². The van der Waals surface area contributed by atoms with Gasteiger partial charge in [0.15, 0.2) is 0 Å². The molecule has 0 radical (unpaired) electrons. The summed E-state index contributed by atoms with van der Waals surface area (Å²) >= 11 is 0. The van der Waals surface area contributed by atoms with Crippen molar-refractivity contribution in [3.63, 3.8) is 0 Å². The number of hydrogen-bond donors (Lipinski definition) is 2. The zero-order valence-corrected chi connectivity index (χ0v) is 17.5. The summed E-state index contributed by atoms with van der Waals surface area (Å²) in [5.74, 6) is 1.73. The van der Waals surface area contributed by atoms with Crippen molar-refractivity contribution in [1.82, 2.24) is 15.0 Å². The highest BCUT2D eigenvalue weighted by Gasteiger charge is 2.19. The van der Waals surface area contributed by atoms with Crippen LogP contribution in [0.25, 0.3) is 11.3 Å². The Morgan fingerprint density at radius 2 is 1.74 bits per heavy atom. The Morgan fingerprint density at radius 1 is 1.04 bits per heavy atom. The van der Waals surface area contributed by atoms with Gasteiger partial charge in [0.05, 0.1) is 17.5 Å². The lowest BCUT2D eigenvalue weighted by Crippen LogP contribution is -2.18. The van der Waals surface area contributed by atoms with Crippen molar-refractivity contribution < 1.29 is 4.74 Å². The Labute approximate surface area is 163 Å². The summed E-state index contributed by atoms with van der Waals surface area (Å²) in [5, 5.41) is 3.20. The first-order chi connectivity index (χ1) is 13.0. The van der Waals surface area contributed by atoms with E-state index >= 15 is 0 Å². The fourth-order valence-corrected chi connectivity index (χ4v) is 2.97. The molecule has 0 aromatic carbocycles. The van der Waals surface area contributed by atoms with Crippen LogP contribution in [0, 0.1) is 0 Å². The highest BCUT2D eigenvalue weighted by Crippen LogP contribution is 2.31. The highest BCUT2D eigenvalue weighted by atomic mass is 16.5. The van der Waals surface area contributed by atoms with Crippen LogP contribution in [0.4, 0.5) is 5.82 Å². The van der Waals surface area contributed by atoms with E-state index in [0.29, 0.717) is 17.5 Å². The number of aryl methyl sites for hydroxylation is 1. The summed E-state index contributed by atoms with van der Waals surface area (Å²) < 4.78 is 6.09. The smallest absolute Gasteiger partial charge is 0.237 e. The molecular formula is C21H33N5O. The molecule has 0 saturated heterocycles. The van der Waals surface area contributed by atoms with Gasteiger partial charge >= 0.3 is 0 Å². The first-order valence-electron chi connectivity index (χ1n) is 9.94. The van der Waals surface area contributed by atoms with Gasteiger partial charge in [0, 0.05) is 24.8 Å². The average Bonchev–Trinajstić information content (AvgIpc) is 2.70. The molecule has 0 aliphatic carbocycles. The van der Waals surface area contributed by atoms with Gasteiger partial charge in [-0.3, -0.25) is 0 Å². The van der Waals surface area contributed by atoms with Gasteiger partial charge in [-0.15, -0.1) is 0 Å². The normalized spacial score (nSPS) is 11.3. The monoisotopic (exact) mass is 371 g/mol. The van der Waals surface area contributed by atoms with Gasteiger partial charge in [0.25, 0.3) is 0 Å². The Hall–Kier alpha value is -2.21. The van der Waals surface area contributed by atoms with Crippen molar-refractivity contribution >= 4 is 5.82 Å². The van der Waals surface area contributed by atoms with Gasteiger partial charge in [-0.25, -0.2) is 15.0 Å². The summed E-state index contributed by atoms with van der Waals surface area (Å²) in [5.41, 5.74) is 10.3. The van der Waals surface area contributed by atoms with Crippen molar-refractivity contribution in [2.45, 2.75) is 72.4 Å². The number of aromatic nitrogens is 3. The van der Waals surface area contributed by atoms with Gasteiger partial charge in [0.2, 0.25) is 5.88 Å². The fourth-order valence-electron chi connectivity index (χ4n) is 2.97. The Balaban J connectivity index is 2.57. The second kappa shape index (κ2) is 9.65. The number of ether oxygens (including phenoxy) is 1. The number of pyridine rings is 1. The largest absolute Gasteiger partial charge is 0.473 e. The van der Waals surface area contributed by atoms with Crippen molar-refractivity contribution in [3.8, 4) is 17.1 Å². The van der Waals surface area contributed by atoms with E-state index in [-0.39, 0.29) is 12.6 Å². The molecule has 0 spiro atoms. The fraction of sp³-hybridized carbons (Fsp3) is 0.571. The molecule has 2 aromatic heterocycles. The van der Waals surface area contributed by atoms with E-state index in [2.05, 4.69) is 52.1 Å². The number of hydrogen-bond acceptors (Lipinski definition) is 6. The number of nitrogens with one attached hydrogen (secondary N) is 1. The maximum absolute atomic E-state index is 6.09. The second-order valence-electron chi connectivity index (χ2n) is 6.92. The van der Waals surface area contributed by atoms with Gasteiger partial charge in [-0.2, -0.15) is 0 Å². The van der Waals surface area contributed by atoms with Gasteiger partial charge in [0.1, 0.15) is 11.5 Å². The third kappa shape index (κ3) is 4.75. The van der Waals surface area contributed by atoms with E-state index in [1.807, 2.05) is 7.05 Å². The molecule has 2 aromatic rings. The number of nitrogens with two attached hydrogens (primary N) is 1. The van der Waals surface area contributed by atoms with Crippen LogP contribution in [0.15, 0.2) is 12.1 Å². The lowest BCUT2D eigenvalue weighted by atomic mass is 10.0. The molecule has 0 saturated carbocycles. The molecule has 0 atom stereocenters. The van der Waals surface area contributed by atoms with Crippen molar-refractivity contribution in [1.29, 1.82) is 0 Å². The van der Waals surface area contributed by atoms with Crippen LogP contribution in [0.5, 0.6) is 5.88 Å². The molecule has 2 heterocycles. The zero-order valence-electron chi connectivity index (χ0n) is 17.5. The molecule has 0 aliphatic rings. The van der Waals surface area contributed by atoms with Crippen LogP contribution in [-0.4, -0.2) is 28.1 Å². The Morgan fingerprint density at radius 3 is 2.26 bits per heavy atom. The third-order valence-electron chi connectivity index (χ3n) is 4.72. The van der Waals surface area contributed by atoms with Crippen LogP contribution in [0.3, 0.4) is 0 Å². The lowest BCUT2D eigenvalue weighted by Gasteiger charge is -2.19. The molecule has 0 amide bonds. The summed E-state index contributed by atoms with van der Waals surface area (Å²) in [7, 11) is 1.88. The predicted octanol–water partition coefficient (Wildman–Crippen LogP) is 4.29. The highest BCUT2D eigenvalue weighted by molar-refractivity contribution is 5.74. The SMILES string of the molecule is CCc1nc(OC(CC)CC)c(CN)nc1-c1ccc(C(C)C)nc1NC. The quantitative estimate of drug-likeness (QED) is 0.684. The topological polar surface area (TPSA) is 86.0 Å². The van der Waals surface area contributed by atoms with Gasteiger partial charge in [-0.1, -0.05) is 34.6 Å². The summed E-state index contributed by atoms with van der Waals surface area (Å²) in [6.45, 7) is 10.8. The number of rotatable bonds is 9.